The topological polar surface area (TPSA) is 100 Å². The van der Waals surface area contributed by atoms with Gasteiger partial charge in [0, 0.05) is 22.8 Å². The fourth-order valence-electron chi connectivity index (χ4n) is 2.38. The van der Waals surface area contributed by atoms with Crippen LogP contribution in [0.4, 0.5) is 0 Å². The van der Waals surface area contributed by atoms with Crippen molar-refractivity contribution in [3.8, 4) is 0 Å². The second-order valence-corrected chi connectivity index (χ2v) is 6.82. The van der Waals surface area contributed by atoms with Crippen LogP contribution >= 0.6 is 11.3 Å². The summed E-state index contributed by atoms with van der Waals surface area (Å²) in [6.07, 6.45) is 3.27. The van der Waals surface area contributed by atoms with E-state index in [9.17, 15) is 9.59 Å². The summed E-state index contributed by atoms with van der Waals surface area (Å²) in [6, 6.07) is 3.61. The van der Waals surface area contributed by atoms with E-state index in [1.165, 1.54) is 11.3 Å². The van der Waals surface area contributed by atoms with Crippen LogP contribution in [0.2, 0.25) is 0 Å². The largest absolute Gasteiger partial charge is 0.309 e. The molecule has 0 aromatic carbocycles. The summed E-state index contributed by atoms with van der Waals surface area (Å²) in [4.78, 5) is 37.0. The van der Waals surface area contributed by atoms with E-state index < -0.39 is 0 Å². The van der Waals surface area contributed by atoms with Gasteiger partial charge in [0.1, 0.15) is 10.7 Å². The number of hydrazone groups is 1. The van der Waals surface area contributed by atoms with Crippen molar-refractivity contribution < 1.29 is 4.79 Å². The number of nitrogens with one attached hydrogen (secondary N) is 2. The van der Waals surface area contributed by atoms with Crippen LogP contribution in [0.15, 0.2) is 34.4 Å². The number of hydrogen-bond acceptors (Lipinski definition) is 6. The zero-order valence-corrected chi connectivity index (χ0v) is 14.9. The molecule has 0 saturated heterocycles. The summed E-state index contributed by atoms with van der Waals surface area (Å²) < 4.78 is 0. The number of rotatable bonds is 4. The van der Waals surface area contributed by atoms with Crippen molar-refractivity contribution in [2.75, 3.05) is 0 Å². The van der Waals surface area contributed by atoms with E-state index in [2.05, 4.69) is 25.5 Å². The second kappa shape index (κ2) is 6.94. The summed E-state index contributed by atoms with van der Waals surface area (Å²) in [5.41, 5.74) is 4.73. The fraction of sp³-hybridized carbons (Fsp3) is 0.235. The van der Waals surface area contributed by atoms with Crippen LogP contribution in [0.1, 0.15) is 28.8 Å². The third kappa shape index (κ3) is 3.63. The summed E-state index contributed by atoms with van der Waals surface area (Å²) >= 11 is 1.45. The average Bonchev–Trinajstić information content (AvgIpc) is 2.88. The molecule has 3 aromatic rings. The zero-order chi connectivity index (χ0) is 18.0. The lowest BCUT2D eigenvalue weighted by Gasteiger charge is -2.03. The maximum Gasteiger partial charge on any atom is 0.259 e. The Morgan fingerprint density at radius 2 is 2.04 bits per heavy atom. The summed E-state index contributed by atoms with van der Waals surface area (Å²) in [6.45, 7) is 5.64. The Hall–Kier alpha value is -2.87. The first-order valence-corrected chi connectivity index (χ1v) is 8.49. The predicted octanol–water partition coefficient (Wildman–Crippen LogP) is 2.08. The Balaban J connectivity index is 1.75. The molecular weight excluding hydrogens is 338 g/mol. The van der Waals surface area contributed by atoms with Gasteiger partial charge in [-0.1, -0.05) is 0 Å². The zero-order valence-electron chi connectivity index (χ0n) is 14.1. The van der Waals surface area contributed by atoms with Crippen LogP contribution in [-0.4, -0.2) is 26.6 Å². The SMILES string of the molecule is C/C(=N\NC(=O)Cc1nc2sc(C)c(C)c2c(=O)[nH]1)c1ccncc1. The van der Waals surface area contributed by atoms with Gasteiger partial charge in [-0.25, -0.2) is 10.4 Å². The molecule has 0 aliphatic rings. The Bertz CT molecular complexity index is 1020. The van der Waals surface area contributed by atoms with E-state index in [1.807, 2.05) is 13.8 Å². The number of hydrogen-bond donors (Lipinski definition) is 2. The molecule has 0 aliphatic heterocycles. The molecule has 0 unspecified atom stereocenters. The first kappa shape index (κ1) is 17.0. The van der Waals surface area contributed by atoms with Gasteiger partial charge in [-0.05, 0) is 38.5 Å². The Labute approximate surface area is 147 Å². The van der Waals surface area contributed by atoms with E-state index >= 15 is 0 Å². The third-order valence-corrected chi connectivity index (χ3v) is 4.96. The number of aryl methyl sites for hydroxylation is 2. The molecule has 128 valence electrons. The standard InChI is InChI=1S/C17H17N5O2S/c1-9-11(3)25-17-15(9)16(24)19-13(20-17)8-14(23)22-21-10(2)12-4-6-18-7-5-12/h4-7H,8H2,1-3H3,(H,22,23)(H,19,20,24)/b21-10+. The first-order valence-electron chi connectivity index (χ1n) is 7.68. The Morgan fingerprint density at radius 3 is 2.76 bits per heavy atom. The van der Waals surface area contributed by atoms with Gasteiger partial charge in [0.05, 0.1) is 17.5 Å². The van der Waals surface area contributed by atoms with E-state index in [4.69, 9.17) is 0 Å². The monoisotopic (exact) mass is 355 g/mol. The normalized spacial score (nSPS) is 11.7. The number of nitrogens with zero attached hydrogens (tertiary/aromatic N) is 3. The second-order valence-electron chi connectivity index (χ2n) is 5.62. The van der Waals surface area contributed by atoms with E-state index in [0.29, 0.717) is 21.8 Å². The fourth-order valence-corrected chi connectivity index (χ4v) is 3.43. The molecule has 0 radical (unpaired) electrons. The van der Waals surface area contributed by atoms with Crippen molar-refractivity contribution in [1.82, 2.24) is 20.4 Å². The smallest absolute Gasteiger partial charge is 0.259 e. The number of H-pyrrole nitrogens is 1. The van der Waals surface area contributed by atoms with Crippen molar-refractivity contribution >= 4 is 33.2 Å². The van der Waals surface area contributed by atoms with Crippen LogP contribution in [0, 0.1) is 13.8 Å². The summed E-state index contributed by atoms with van der Waals surface area (Å²) in [7, 11) is 0. The molecule has 0 atom stereocenters. The van der Waals surface area contributed by atoms with Crippen molar-refractivity contribution in [2.24, 2.45) is 5.10 Å². The molecule has 0 aliphatic carbocycles. The van der Waals surface area contributed by atoms with Crippen LogP contribution < -0.4 is 11.0 Å². The highest BCUT2D eigenvalue weighted by Crippen LogP contribution is 2.25. The number of fused-ring (bicyclic) bond motifs is 1. The minimum atomic E-state index is -0.346. The van der Waals surface area contributed by atoms with E-state index in [-0.39, 0.29) is 17.9 Å². The molecule has 3 heterocycles. The average molecular weight is 355 g/mol. The lowest BCUT2D eigenvalue weighted by atomic mass is 10.2. The summed E-state index contributed by atoms with van der Waals surface area (Å²) in [5, 5.41) is 4.66. The molecule has 0 saturated carbocycles. The number of pyridine rings is 1. The van der Waals surface area contributed by atoms with Gasteiger partial charge in [0.15, 0.2) is 0 Å². The van der Waals surface area contributed by atoms with Gasteiger partial charge in [0.25, 0.3) is 5.56 Å². The molecule has 1 amide bonds. The van der Waals surface area contributed by atoms with Crippen molar-refractivity contribution in [3.05, 3.63) is 56.7 Å². The number of carbonyl (C=O) groups is 1. The van der Waals surface area contributed by atoms with Gasteiger partial charge in [-0.3, -0.25) is 14.6 Å². The quantitative estimate of drug-likeness (QED) is 0.553. The molecule has 3 aromatic heterocycles. The highest BCUT2D eigenvalue weighted by Gasteiger charge is 2.13. The summed E-state index contributed by atoms with van der Waals surface area (Å²) in [5.74, 6) is -0.0195. The van der Waals surface area contributed by atoms with Crippen molar-refractivity contribution in [1.29, 1.82) is 0 Å². The van der Waals surface area contributed by atoms with Crippen LogP contribution in [0.5, 0.6) is 0 Å². The van der Waals surface area contributed by atoms with Crippen LogP contribution in [0.25, 0.3) is 10.2 Å². The number of aromatic amines is 1. The van der Waals surface area contributed by atoms with Gasteiger partial charge in [-0.15, -0.1) is 11.3 Å². The molecule has 0 fully saturated rings. The number of amides is 1. The molecule has 25 heavy (non-hydrogen) atoms. The highest BCUT2D eigenvalue weighted by molar-refractivity contribution is 7.18. The molecule has 2 N–H and O–H groups in total. The molecule has 0 spiro atoms. The Kier molecular flexibility index (Phi) is 4.71. The lowest BCUT2D eigenvalue weighted by molar-refractivity contribution is -0.120. The molecule has 8 heteroatoms. The van der Waals surface area contributed by atoms with Gasteiger partial charge in [-0.2, -0.15) is 5.10 Å². The molecule has 3 rings (SSSR count). The molecule has 7 nitrogen and oxygen atoms in total. The highest BCUT2D eigenvalue weighted by atomic mass is 32.1. The number of carbonyl (C=O) groups excluding carboxylic acids is 1. The maximum atomic E-state index is 12.2. The lowest BCUT2D eigenvalue weighted by Crippen LogP contribution is -2.24. The van der Waals surface area contributed by atoms with Gasteiger partial charge >= 0.3 is 0 Å². The van der Waals surface area contributed by atoms with Crippen LogP contribution in [-0.2, 0) is 11.2 Å². The number of aromatic nitrogens is 3. The van der Waals surface area contributed by atoms with Crippen LogP contribution in [0.3, 0.4) is 0 Å². The maximum absolute atomic E-state index is 12.2. The Morgan fingerprint density at radius 1 is 1.32 bits per heavy atom. The van der Waals surface area contributed by atoms with Crippen molar-refractivity contribution in [2.45, 2.75) is 27.2 Å². The van der Waals surface area contributed by atoms with E-state index in [1.54, 1.807) is 31.5 Å². The molecular formula is C17H17N5O2S. The minimum Gasteiger partial charge on any atom is -0.309 e. The van der Waals surface area contributed by atoms with Crippen molar-refractivity contribution in [3.63, 3.8) is 0 Å². The predicted molar refractivity (Wildman–Crippen MR) is 98.0 cm³/mol. The van der Waals surface area contributed by atoms with Gasteiger partial charge < -0.3 is 4.98 Å². The van der Waals surface area contributed by atoms with Gasteiger partial charge in [0.2, 0.25) is 5.91 Å². The van der Waals surface area contributed by atoms with E-state index in [0.717, 1.165) is 16.0 Å². The molecule has 0 bridgehead atoms. The number of thiophene rings is 1. The third-order valence-electron chi connectivity index (χ3n) is 3.86. The first-order chi connectivity index (χ1) is 12.0. The minimum absolute atomic E-state index is 0.0473.